The van der Waals surface area contributed by atoms with Gasteiger partial charge < -0.3 is 15.2 Å². The fourth-order valence-electron chi connectivity index (χ4n) is 2.53. The van der Waals surface area contributed by atoms with Crippen LogP contribution in [0.5, 0.6) is 5.75 Å². The van der Waals surface area contributed by atoms with Gasteiger partial charge in [0.1, 0.15) is 12.3 Å². The SMILES string of the molecule is CC(OC(=O)c1ccc(O)cc1)C(=O)N1CC(=O)Nc2ccccc21. The first-order valence-electron chi connectivity index (χ1n) is 7.66. The highest BCUT2D eigenvalue weighted by atomic mass is 16.5. The third kappa shape index (κ3) is 3.45. The maximum Gasteiger partial charge on any atom is 0.338 e. The Hall–Kier alpha value is -3.35. The molecule has 1 unspecified atom stereocenters. The Kier molecular flexibility index (Phi) is 4.38. The quantitative estimate of drug-likeness (QED) is 0.832. The molecule has 1 atom stereocenters. The molecule has 0 saturated carbocycles. The number of hydrogen-bond acceptors (Lipinski definition) is 5. The number of phenolic OH excluding ortho intramolecular Hbond substituents is 1. The lowest BCUT2D eigenvalue weighted by Gasteiger charge is -2.30. The maximum atomic E-state index is 12.7. The zero-order valence-corrected chi connectivity index (χ0v) is 13.4. The molecule has 3 rings (SSSR count). The number of anilines is 2. The molecule has 7 heteroatoms. The van der Waals surface area contributed by atoms with E-state index in [0.717, 1.165) is 0 Å². The fourth-order valence-corrected chi connectivity index (χ4v) is 2.53. The van der Waals surface area contributed by atoms with Gasteiger partial charge in [0.05, 0.1) is 16.9 Å². The van der Waals surface area contributed by atoms with E-state index in [0.29, 0.717) is 11.4 Å². The van der Waals surface area contributed by atoms with Crippen LogP contribution < -0.4 is 10.2 Å². The lowest BCUT2D eigenvalue weighted by atomic mass is 10.1. The predicted molar refractivity (Wildman–Crippen MR) is 90.4 cm³/mol. The van der Waals surface area contributed by atoms with Gasteiger partial charge in [-0.25, -0.2) is 4.79 Å². The van der Waals surface area contributed by atoms with E-state index in [4.69, 9.17) is 4.74 Å². The summed E-state index contributed by atoms with van der Waals surface area (Å²) in [7, 11) is 0. The number of rotatable bonds is 3. The molecule has 2 aromatic rings. The summed E-state index contributed by atoms with van der Waals surface area (Å²) in [5, 5.41) is 11.9. The summed E-state index contributed by atoms with van der Waals surface area (Å²) in [4.78, 5) is 37.9. The van der Waals surface area contributed by atoms with Crippen molar-refractivity contribution in [2.45, 2.75) is 13.0 Å². The molecule has 7 nitrogen and oxygen atoms in total. The molecule has 2 N–H and O–H groups in total. The number of benzene rings is 2. The lowest BCUT2D eigenvalue weighted by molar-refractivity contribution is -0.128. The number of ether oxygens (including phenoxy) is 1. The molecule has 0 fully saturated rings. The number of carbonyl (C=O) groups excluding carboxylic acids is 3. The molecule has 0 bridgehead atoms. The van der Waals surface area contributed by atoms with Crippen molar-refractivity contribution in [1.29, 1.82) is 0 Å². The van der Waals surface area contributed by atoms with Crippen LogP contribution in [0.2, 0.25) is 0 Å². The van der Waals surface area contributed by atoms with Crippen molar-refractivity contribution in [3.8, 4) is 5.75 Å². The van der Waals surface area contributed by atoms with Gasteiger partial charge in [-0.05, 0) is 43.3 Å². The molecule has 2 amide bonds. The summed E-state index contributed by atoms with van der Waals surface area (Å²) in [6.07, 6.45) is -1.07. The average Bonchev–Trinajstić information content (AvgIpc) is 2.60. The van der Waals surface area contributed by atoms with Crippen LogP contribution in [0.1, 0.15) is 17.3 Å². The summed E-state index contributed by atoms with van der Waals surface area (Å²) >= 11 is 0. The number of para-hydroxylation sites is 2. The number of hydrogen-bond donors (Lipinski definition) is 2. The lowest BCUT2D eigenvalue weighted by Crippen LogP contribution is -2.47. The first-order valence-corrected chi connectivity index (χ1v) is 7.66. The molecule has 1 aliphatic heterocycles. The zero-order valence-electron chi connectivity index (χ0n) is 13.4. The minimum absolute atomic E-state index is 0.0246. The Morgan fingerprint density at radius 3 is 2.56 bits per heavy atom. The van der Waals surface area contributed by atoms with Gasteiger partial charge in [-0.2, -0.15) is 0 Å². The molecular formula is C18H16N2O5. The van der Waals surface area contributed by atoms with E-state index in [1.807, 2.05) is 0 Å². The molecule has 1 aliphatic rings. The van der Waals surface area contributed by atoms with Crippen molar-refractivity contribution >= 4 is 29.2 Å². The number of fused-ring (bicyclic) bond motifs is 1. The van der Waals surface area contributed by atoms with E-state index in [9.17, 15) is 19.5 Å². The third-order valence-corrected chi connectivity index (χ3v) is 3.77. The highest BCUT2D eigenvalue weighted by Crippen LogP contribution is 2.29. The van der Waals surface area contributed by atoms with Crippen LogP contribution in [0.3, 0.4) is 0 Å². The number of aromatic hydroxyl groups is 1. The number of carbonyl (C=O) groups is 3. The fraction of sp³-hybridized carbons (Fsp3) is 0.167. The Morgan fingerprint density at radius 2 is 1.84 bits per heavy atom. The normalized spacial score (nSPS) is 14.3. The minimum atomic E-state index is -1.07. The summed E-state index contributed by atoms with van der Waals surface area (Å²) in [6, 6.07) is 12.4. The molecule has 128 valence electrons. The number of amides is 2. The molecule has 1 heterocycles. The number of nitrogens with zero attached hydrogens (tertiary/aromatic N) is 1. The van der Waals surface area contributed by atoms with Crippen molar-refractivity contribution < 1.29 is 24.2 Å². The smallest absolute Gasteiger partial charge is 0.338 e. The minimum Gasteiger partial charge on any atom is -0.508 e. The Labute approximate surface area is 143 Å². The average molecular weight is 340 g/mol. The van der Waals surface area contributed by atoms with Gasteiger partial charge in [0, 0.05) is 0 Å². The van der Waals surface area contributed by atoms with Crippen molar-refractivity contribution in [1.82, 2.24) is 0 Å². The van der Waals surface area contributed by atoms with Crippen LogP contribution in [0.4, 0.5) is 11.4 Å². The highest BCUT2D eigenvalue weighted by Gasteiger charge is 2.31. The van der Waals surface area contributed by atoms with Gasteiger partial charge in [0.25, 0.3) is 5.91 Å². The molecule has 0 radical (unpaired) electrons. The van der Waals surface area contributed by atoms with Crippen molar-refractivity contribution in [2.24, 2.45) is 0 Å². The Balaban J connectivity index is 1.75. The van der Waals surface area contributed by atoms with E-state index in [2.05, 4.69) is 5.32 Å². The van der Waals surface area contributed by atoms with Gasteiger partial charge >= 0.3 is 5.97 Å². The Bertz CT molecular complexity index is 832. The predicted octanol–water partition coefficient (Wildman–Crippen LogP) is 1.92. The second-order valence-electron chi connectivity index (χ2n) is 5.58. The summed E-state index contributed by atoms with van der Waals surface area (Å²) in [5.74, 6) is -1.47. The van der Waals surface area contributed by atoms with Crippen LogP contribution in [0, 0.1) is 0 Å². The largest absolute Gasteiger partial charge is 0.508 e. The van der Waals surface area contributed by atoms with E-state index in [1.165, 1.54) is 36.1 Å². The molecule has 0 saturated heterocycles. The van der Waals surface area contributed by atoms with Crippen LogP contribution in [0.15, 0.2) is 48.5 Å². The van der Waals surface area contributed by atoms with Crippen molar-refractivity contribution in [2.75, 3.05) is 16.8 Å². The summed E-state index contributed by atoms with van der Waals surface area (Å²) < 4.78 is 5.20. The maximum absolute atomic E-state index is 12.7. The summed E-state index contributed by atoms with van der Waals surface area (Å²) in [5.41, 5.74) is 1.30. The van der Waals surface area contributed by atoms with Gasteiger partial charge in [0.2, 0.25) is 5.91 Å². The molecule has 0 aromatic heterocycles. The van der Waals surface area contributed by atoms with E-state index >= 15 is 0 Å². The number of phenols is 1. The van der Waals surface area contributed by atoms with Crippen LogP contribution in [-0.4, -0.2) is 35.5 Å². The third-order valence-electron chi connectivity index (χ3n) is 3.77. The van der Waals surface area contributed by atoms with Crippen LogP contribution in [-0.2, 0) is 14.3 Å². The molecule has 25 heavy (non-hydrogen) atoms. The molecule has 0 spiro atoms. The monoisotopic (exact) mass is 340 g/mol. The second kappa shape index (κ2) is 6.64. The van der Waals surface area contributed by atoms with Crippen LogP contribution in [0.25, 0.3) is 0 Å². The molecule has 2 aromatic carbocycles. The van der Waals surface area contributed by atoms with E-state index < -0.39 is 18.0 Å². The number of esters is 1. The first kappa shape index (κ1) is 16.5. The highest BCUT2D eigenvalue weighted by molar-refractivity contribution is 6.11. The van der Waals surface area contributed by atoms with Crippen molar-refractivity contribution in [3.05, 3.63) is 54.1 Å². The summed E-state index contributed by atoms with van der Waals surface area (Å²) in [6.45, 7) is 1.31. The van der Waals surface area contributed by atoms with Gasteiger partial charge in [-0.1, -0.05) is 12.1 Å². The van der Waals surface area contributed by atoms with Gasteiger partial charge in [-0.3, -0.25) is 14.5 Å². The molecular weight excluding hydrogens is 324 g/mol. The van der Waals surface area contributed by atoms with Gasteiger partial charge in [0.15, 0.2) is 6.10 Å². The number of nitrogens with one attached hydrogen (secondary N) is 1. The topological polar surface area (TPSA) is 95.9 Å². The molecule has 0 aliphatic carbocycles. The van der Waals surface area contributed by atoms with Gasteiger partial charge in [-0.15, -0.1) is 0 Å². The van der Waals surface area contributed by atoms with Crippen molar-refractivity contribution in [3.63, 3.8) is 0 Å². The standard InChI is InChI=1S/C18H16N2O5/c1-11(25-18(24)12-6-8-13(21)9-7-12)17(23)20-10-16(22)19-14-4-2-3-5-15(14)20/h2-9,11,21H,10H2,1H3,(H,19,22). The van der Waals surface area contributed by atoms with E-state index in [1.54, 1.807) is 24.3 Å². The second-order valence-corrected chi connectivity index (χ2v) is 5.58. The first-order chi connectivity index (χ1) is 12.0. The zero-order chi connectivity index (χ0) is 18.0. The van der Waals surface area contributed by atoms with E-state index in [-0.39, 0.29) is 23.8 Å². The Morgan fingerprint density at radius 1 is 1.16 bits per heavy atom. The van der Waals surface area contributed by atoms with Crippen LogP contribution >= 0.6 is 0 Å².